The molecule has 0 radical (unpaired) electrons. The van der Waals surface area contributed by atoms with E-state index in [4.69, 9.17) is 0 Å². The number of aromatic nitrogens is 3. The zero-order valence-electron chi connectivity index (χ0n) is 13.1. The molecule has 0 amide bonds. The minimum atomic E-state index is -0.708. The quantitative estimate of drug-likeness (QED) is 0.503. The number of rotatable bonds is 3. The fourth-order valence-corrected chi connectivity index (χ4v) is 5.31. The summed E-state index contributed by atoms with van der Waals surface area (Å²) >= 11 is 3.20. The van der Waals surface area contributed by atoms with Crippen LogP contribution in [-0.2, 0) is 17.6 Å². The molecule has 5 rings (SSSR count). The van der Waals surface area contributed by atoms with Gasteiger partial charge >= 0.3 is 5.97 Å². The highest BCUT2D eigenvalue weighted by molar-refractivity contribution is 7.19. The molecule has 1 atom stereocenters. The molecule has 0 aliphatic heterocycles. The number of nitrogens with zero attached hydrogens (tertiary/aromatic N) is 2. The van der Waals surface area contributed by atoms with Crippen LogP contribution in [-0.4, -0.2) is 25.4 Å². The van der Waals surface area contributed by atoms with E-state index in [-0.39, 0.29) is 5.92 Å². The lowest BCUT2D eigenvalue weighted by Crippen LogP contribution is -2.21. The molecule has 0 saturated carbocycles. The van der Waals surface area contributed by atoms with Gasteiger partial charge in [-0.3, -0.25) is 4.79 Å². The molecule has 8 heteroatoms. The van der Waals surface area contributed by atoms with Gasteiger partial charge in [0.25, 0.3) is 0 Å². The van der Waals surface area contributed by atoms with Crippen molar-refractivity contribution in [3.63, 3.8) is 0 Å². The Morgan fingerprint density at radius 1 is 1.36 bits per heavy atom. The summed E-state index contributed by atoms with van der Waals surface area (Å²) in [5.41, 5.74) is 3.35. The predicted octanol–water partition coefficient (Wildman–Crippen LogP) is 4.17. The van der Waals surface area contributed by atoms with Gasteiger partial charge in [-0.15, -0.1) is 11.3 Å². The van der Waals surface area contributed by atoms with Crippen LogP contribution >= 0.6 is 22.9 Å². The fraction of sp³-hybridized carbons (Fsp3) is 0.235. The number of carboxylic acids is 1. The van der Waals surface area contributed by atoms with E-state index in [1.165, 1.54) is 10.3 Å². The minimum absolute atomic E-state index is 0.289. The molecule has 0 spiro atoms. The molecular formula is C17H14N4O2S2. The highest BCUT2D eigenvalue weighted by atomic mass is 32.1. The summed E-state index contributed by atoms with van der Waals surface area (Å²) in [5, 5.41) is 13.8. The molecule has 126 valence electrons. The maximum absolute atomic E-state index is 11.3. The van der Waals surface area contributed by atoms with Crippen molar-refractivity contribution in [3.8, 4) is 0 Å². The van der Waals surface area contributed by atoms with E-state index in [0.29, 0.717) is 12.8 Å². The highest BCUT2D eigenvalue weighted by Gasteiger charge is 2.28. The molecule has 1 aliphatic carbocycles. The highest BCUT2D eigenvalue weighted by Crippen LogP contribution is 2.40. The minimum Gasteiger partial charge on any atom is -0.481 e. The van der Waals surface area contributed by atoms with Gasteiger partial charge in [0.15, 0.2) is 0 Å². The van der Waals surface area contributed by atoms with Crippen molar-refractivity contribution in [3.05, 3.63) is 35.0 Å². The second-order valence-electron chi connectivity index (χ2n) is 6.22. The van der Waals surface area contributed by atoms with Gasteiger partial charge in [0.05, 0.1) is 21.5 Å². The molecule has 25 heavy (non-hydrogen) atoms. The number of hydrogen-bond donors (Lipinski definition) is 3. The second-order valence-corrected chi connectivity index (χ2v) is 8.16. The van der Waals surface area contributed by atoms with Gasteiger partial charge in [-0.2, -0.15) is 0 Å². The van der Waals surface area contributed by atoms with Gasteiger partial charge in [0, 0.05) is 10.6 Å². The number of H-pyrrole nitrogens is 1. The summed E-state index contributed by atoms with van der Waals surface area (Å²) in [4.78, 5) is 22.2. The summed E-state index contributed by atoms with van der Waals surface area (Å²) in [6.07, 6.45) is 3.59. The molecule has 1 aliphatic rings. The van der Waals surface area contributed by atoms with Crippen LogP contribution in [0.25, 0.3) is 20.4 Å². The Morgan fingerprint density at radius 2 is 2.28 bits per heavy atom. The largest absolute Gasteiger partial charge is 0.481 e. The molecule has 0 unspecified atom stereocenters. The molecule has 0 bridgehead atoms. The number of carbonyl (C=O) groups is 1. The Bertz CT molecular complexity index is 1110. The van der Waals surface area contributed by atoms with E-state index >= 15 is 0 Å². The number of fused-ring (bicyclic) bond motifs is 4. The van der Waals surface area contributed by atoms with Crippen molar-refractivity contribution < 1.29 is 9.90 Å². The SMILES string of the molecule is O=C(O)[C@H]1CCc2c(sc3ncnc(Nc4ccc5[nH]sc5c4)c23)C1. The summed E-state index contributed by atoms with van der Waals surface area (Å²) in [6, 6.07) is 6.18. The molecular weight excluding hydrogens is 356 g/mol. The van der Waals surface area contributed by atoms with E-state index in [1.807, 2.05) is 12.1 Å². The van der Waals surface area contributed by atoms with E-state index in [9.17, 15) is 9.90 Å². The predicted molar refractivity (Wildman–Crippen MR) is 100 cm³/mol. The molecule has 4 aromatic rings. The van der Waals surface area contributed by atoms with Crippen molar-refractivity contribution in [1.82, 2.24) is 14.3 Å². The van der Waals surface area contributed by atoms with Crippen LogP contribution in [0.5, 0.6) is 0 Å². The van der Waals surface area contributed by atoms with Crippen molar-refractivity contribution >= 4 is 60.8 Å². The molecule has 3 N–H and O–H groups in total. The number of anilines is 2. The first kappa shape index (κ1) is 14.9. The normalized spacial score (nSPS) is 17.0. The molecule has 3 aromatic heterocycles. The van der Waals surface area contributed by atoms with Crippen LogP contribution in [0.3, 0.4) is 0 Å². The van der Waals surface area contributed by atoms with Crippen LogP contribution in [0.1, 0.15) is 16.9 Å². The van der Waals surface area contributed by atoms with Crippen LogP contribution in [0.4, 0.5) is 11.5 Å². The zero-order chi connectivity index (χ0) is 17.0. The number of carboxylic acid groups (broad SMARTS) is 1. The monoisotopic (exact) mass is 370 g/mol. The molecule has 6 nitrogen and oxygen atoms in total. The number of aliphatic carboxylic acids is 1. The van der Waals surface area contributed by atoms with Gasteiger partial charge in [-0.1, -0.05) is 11.5 Å². The fourth-order valence-electron chi connectivity index (χ4n) is 3.38. The Kier molecular flexibility index (Phi) is 3.29. The summed E-state index contributed by atoms with van der Waals surface area (Å²) in [7, 11) is 0. The topological polar surface area (TPSA) is 90.9 Å². The van der Waals surface area contributed by atoms with Crippen molar-refractivity contribution in [2.75, 3.05) is 5.32 Å². The first-order valence-electron chi connectivity index (χ1n) is 8.01. The lowest BCUT2D eigenvalue weighted by atomic mass is 9.88. The number of nitrogens with one attached hydrogen (secondary N) is 2. The van der Waals surface area contributed by atoms with Gasteiger partial charge in [0.2, 0.25) is 0 Å². The number of aryl methyl sites for hydroxylation is 1. The Hall–Kier alpha value is -2.45. The average Bonchev–Trinajstić information content (AvgIpc) is 2.96. The van der Waals surface area contributed by atoms with Crippen LogP contribution in [0.2, 0.25) is 0 Å². The summed E-state index contributed by atoms with van der Waals surface area (Å²) in [6.45, 7) is 0. The summed E-state index contributed by atoms with van der Waals surface area (Å²) < 4.78 is 4.39. The lowest BCUT2D eigenvalue weighted by Gasteiger charge is -2.18. The Morgan fingerprint density at radius 3 is 3.04 bits per heavy atom. The maximum Gasteiger partial charge on any atom is 0.306 e. The third-order valence-corrected chi connectivity index (χ3v) is 6.75. The molecule has 0 saturated heterocycles. The Balaban J connectivity index is 1.57. The van der Waals surface area contributed by atoms with Crippen molar-refractivity contribution in [2.45, 2.75) is 19.3 Å². The first-order valence-corrected chi connectivity index (χ1v) is 9.64. The first-order chi connectivity index (χ1) is 12.2. The average molecular weight is 370 g/mol. The summed E-state index contributed by atoms with van der Waals surface area (Å²) in [5.74, 6) is -0.198. The van der Waals surface area contributed by atoms with Gasteiger partial charge in [0.1, 0.15) is 17.0 Å². The van der Waals surface area contributed by atoms with Crippen LogP contribution in [0.15, 0.2) is 24.5 Å². The number of aromatic amines is 1. The van der Waals surface area contributed by atoms with Crippen LogP contribution < -0.4 is 5.32 Å². The molecule has 0 fully saturated rings. The molecule has 3 heterocycles. The van der Waals surface area contributed by atoms with Gasteiger partial charge < -0.3 is 14.8 Å². The second kappa shape index (κ2) is 5.53. The van der Waals surface area contributed by atoms with Gasteiger partial charge in [-0.25, -0.2) is 9.97 Å². The van der Waals surface area contributed by atoms with Crippen molar-refractivity contribution in [1.29, 1.82) is 0 Å². The molecule has 1 aromatic carbocycles. The Labute approximate surface area is 150 Å². The standard InChI is InChI=1S/C17H14N4O2S2/c22-17(23)8-1-3-10-12(5-8)24-16-14(10)15(18-7-19-16)20-9-2-4-11-13(6-9)25-21-11/h2,4,6-8,21H,1,3,5H2,(H,22,23)(H,18,19,20)/t8-/m0/s1. The third kappa shape index (κ3) is 2.40. The smallest absolute Gasteiger partial charge is 0.306 e. The zero-order valence-corrected chi connectivity index (χ0v) is 14.7. The van der Waals surface area contributed by atoms with E-state index in [2.05, 4.69) is 25.7 Å². The number of benzene rings is 1. The van der Waals surface area contributed by atoms with E-state index in [0.717, 1.165) is 38.5 Å². The number of thiophene rings is 1. The van der Waals surface area contributed by atoms with E-state index < -0.39 is 5.97 Å². The third-order valence-electron chi connectivity index (χ3n) is 4.71. The maximum atomic E-state index is 11.3. The van der Waals surface area contributed by atoms with Crippen LogP contribution in [0, 0.1) is 5.92 Å². The van der Waals surface area contributed by atoms with Gasteiger partial charge in [-0.05, 0) is 43.0 Å². The van der Waals surface area contributed by atoms with Crippen molar-refractivity contribution in [2.24, 2.45) is 5.92 Å². The lowest BCUT2D eigenvalue weighted by molar-refractivity contribution is -0.142. The van der Waals surface area contributed by atoms with E-state index in [1.54, 1.807) is 29.2 Å². The number of hydrogen-bond acceptors (Lipinski definition) is 6.